The number of nitrogens with zero attached hydrogens (tertiary/aromatic N) is 1. The standard InChI is InChI=1S/C16H24N2O5/c1-16(9-18(10-16)15(19)22-4)17-8-12-7-13(21-3)5-6-14(12)23-11-20-2/h5-7,17H,8-11H2,1-4H3. The number of rotatable bonds is 7. The van der Waals surface area contributed by atoms with E-state index in [1.165, 1.54) is 7.11 Å². The van der Waals surface area contributed by atoms with E-state index in [0.717, 1.165) is 17.1 Å². The van der Waals surface area contributed by atoms with Gasteiger partial charge >= 0.3 is 6.09 Å². The highest BCUT2D eigenvalue weighted by atomic mass is 16.7. The molecule has 0 radical (unpaired) electrons. The lowest BCUT2D eigenvalue weighted by Crippen LogP contribution is -2.68. The van der Waals surface area contributed by atoms with Gasteiger partial charge < -0.3 is 29.2 Å². The van der Waals surface area contributed by atoms with E-state index < -0.39 is 0 Å². The minimum atomic E-state index is -0.297. The van der Waals surface area contributed by atoms with Gasteiger partial charge in [0.2, 0.25) is 0 Å². The van der Waals surface area contributed by atoms with E-state index in [1.807, 2.05) is 18.2 Å². The van der Waals surface area contributed by atoms with Crippen molar-refractivity contribution in [2.24, 2.45) is 0 Å². The molecule has 7 heteroatoms. The van der Waals surface area contributed by atoms with Gasteiger partial charge in [0.25, 0.3) is 0 Å². The summed E-state index contributed by atoms with van der Waals surface area (Å²) in [7, 11) is 4.60. The van der Waals surface area contributed by atoms with E-state index in [1.54, 1.807) is 19.1 Å². The first-order valence-corrected chi connectivity index (χ1v) is 7.38. The van der Waals surface area contributed by atoms with Gasteiger partial charge in [0, 0.05) is 32.3 Å². The van der Waals surface area contributed by atoms with Crippen molar-refractivity contribution in [2.75, 3.05) is 41.2 Å². The highest BCUT2D eigenvalue weighted by Crippen LogP contribution is 2.27. The summed E-state index contributed by atoms with van der Waals surface area (Å²) in [5.41, 5.74) is 0.828. The molecule has 0 saturated carbocycles. The minimum absolute atomic E-state index is 0.143. The molecule has 1 saturated heterocycles. The summed E-state index contributed by atoms with van der Waals surface area (Å²) in [5, 5.41) is 3.46. The largest absolute Gasteiger partial charge is 0.497 e. The highest BCUT2D eigenvalue weighted by Gasteiger charge is 2.41. The third kappa shape index (κ3) is 4.27. The van der Waals surface area contributed by atoms with E-state index >= 15 is 0 Å². The van der Waals surface area contributed by atoms with Crippen LogP contribution in [0.2, 0.25) is 0 Å². The fourth-order valence-electron chi connectivity index (χ4n) is 2.56. The summed E-state index contributed by atoms with van der Waals surface area (Å²) in [4.78, 5) is 13.1. The number of hydrogen-bond acceptors (Lipinski definition) is 6. The molecule has 1 fully saturated rings. The molecule has 2 rings (SSSR count). The summed E-state index contributed by atoms with van der Waals surface area (Å²) in [6.45, 7) is 4.08. The first-order chi connectivity index (χ1) is 11.0. The molecule has 23 heavy (non-hydrogen) atoms. The van der Waals surface area contributed by atoms with Crippen LogP contribution in [0.4, 0.5) is 4.79 Å². The number of carbonyl (C=O) groups excluding carboxylic acids is 1. The lowest BCUT2D eigenvalue weighted by Gasteiger charge is -2.47. The highest BCUT2D eigenvalue weighted by molar-refractivity contribution is 5.69. The van der Waals surface area contributed by atoms with E-state index in [9.17, 15) is 4.79 Å². The Hall–Kier alpha value is -1.99. The fraction of sp³-hybridized carbons (Fsp3) is 0.562. The Balaban J connectivity index is 1.98. The third-order valence-electron chi connectivity index (χ3n) is 3.82. The molecule has 0 bridgehead atoms. The maximum Gasteiger partial charge on any atom is 0.409 e. The molecule has 128 valence electrons. The minimum Gasteiger partial charge on any atom is -0.497 e. The van der Waals surface area contributed by atoms with Gasteiger partial charge in [0.15, 0.2) is 6.79 Å². The van der Waals surface area contributed by atoms with Gasteiger partial charge in [-0.2, -0.15) is 0 Å². The first-order valence-electron chi connectivity index (χ1n) is 7.38. The van der Waals surface area contributed by atoms with Crippen LogP contribution in [0.1, 0.15) is 12.5 Å². The lowest BCUT2D eigenvalue weighted by atomic mass is 9.92. The summed E-state index contributed by atoms with van der Waals surface area (Å²) in [5.74, 6) is 1.51. The van der Waals surface area contributed by atoms with E-state index in [4.69, 9.17) is 18.9 Å². The van der Waals surface area contributed by atoms with Crippen LogP contribution in [0.25, 0.3) is 0 Å². The van der Waals surface area contributed by atoms with Crippen LogP contribution in [-0.4, -0.2) is 57.7 Å². The van der Waals surface area contributed by atoms with Gasteiger partial charge in [-0.25, -0.2) is 4.79 Å². The first kappa shape index (κ1) is 17.4. The SMILES string of the molecule is COCOc1ccc(OC)cc1CNC1(C)CN(C(=O)OC)C1. The van der Waals surface area contributed by atoms with Crippen LogP contribution in [0.5, 0.6) is 11.5 Å². The van der Waals surface area contributed by atoms with E-state index in [-0.39, 0.29) is 18.4 Å². The molecule has 0 aliphatic carbocycles. The number of likely N-dealkylation sites (tertiary alicyclic amines) is 1. The summed E-state index contributed by atoms with van der Waals surface area (Å²) in [6, 6.07) is 5.63. The van der Waals surface area contributed by atoms with Crippen LogP contribution in [-0.2, 0) is 16.0 Å². The van der Waals surface area contributed by atoms with Crippen molar-refractivity contribution >= 4 is 6.09 Å². The predicted octanol–water partition coefficient (Wildman–Crippen LogP) is 1.61. The van der Waals surface area contributed by atoms with E-state index in [2.05, 4.69) is 12.2 Å². The monoisotopic (exact) mass is 324 g/mol. The van der Waals surface area contributed by atoms with Gasteiger partial charge in [0.1, 0.15) is 11.5 Å². The normalized spacial score (nSPS) is 15.7. The van der Waals surface area contributed by atoms with Crippen LogP contribution in [0.3, 0.4) is 0 Å². The molecule has 1 aromatic rings. The maximum atomic E-state index is 11.4. The Kier molecular flexibility index (Phi) is 5.68. The Labute approximate surface area is 136 Å². The second kappa shape index (κ2) is 7.52. The Morgan fingerprint density at radius 2 is 2.04 bits per heavy atom. The summed E-state index contributed by atoms with van der Waals surface area (Å²) >= 11 is 0. The van der Waals surface area contributed by atoms with E-state index in [0.29, 0.717) is 19.6 Å². The van der Waals surface area contributed by atoms with Crippen molar-refractivity contribution in [2.45, 2.75) is 19.0 Å². The topological polar surface area (TPSA) is 69.3 Å². The zero-order chi connectivity index (χ0) is 16.9. The number of carbonyl (C=O) groups is 1. The average Bonchev–Trinajstić information content (AvgIpc) is 2.55. The Morgan fingerprint density at radius 3 is 2.65 bits per heavy atom. The van der Waals surface area contributed by atoms with Crippen LogP contribution < -0.4 is 14.8 Å². The predicted molar refractivity (Wildman–Crippen MR) is 84.7 cm³/mol. The average molecular weight is 324 g/mol. The van der Waals surface area contributed by atoms with Gasteiger partial charge in [-0.15, -0.1) is 0 Å². The van der Waals surface area contributed by atoms with Gasteiger partial charge in [-0.1, -0.05) is 0 Å². The summed E-state index contributed by atoms with van der Waals surface area (Å²) < 4.78 is 20.5. The molecule has 1 N–H and O–H groups in total. The molecule has 1 aliphatic heterocycles. The van der Waals surface area contributed by atoms with Gasteiger partial charge in [-0.3, -0.25) is 0 Å². The number of hydrogen-bond donors (Lipinski definition) is 1. The Bertz CT molecular complexity index is 543. The Morgan fingerprint density at radius 1 is 1.30 bits per heavy atom. The lowest BCUT2D eigenvalue weighted by molar-refractivity contribution is 0.0396. The second-order valence-electron chi connectivity index (χ2n) is 5.76. The van der Waals surface area contributed by atoms with Crippen molar-refractivity contribution in [1.82, 2.24) is 10.2 Å². The fourth-order valence-corrected chi connectivity index (χ4v) is 2.56. The third-order valence-corrected chi connectivity index (χ3v) is 3.82. The second-order valence-corrected chi connectivity index (χ2v) is 5.76. The molecule has 0 aromatic heterocycles. The molecule has 0 atom stereocenters. The van der Waals surface area contributed by atoms with Crippen molar-refractivity contribution < 1.29 is 23.7 Å². The molecule has 1 heterocycles. The number of nitrogens with one attached hydrogen (secondary N) is 1. The van der Waals surface area contributed by atoms with Crippen molar-refractivity contribution in [1.29, 1.82) is 0 Å². The molecule has 0 spiro atoms. The van der Waals surface area contributed by atoms with Gasteiger partial charge in [-0.05, 0) is 25.1 Å². The summed E-state index contributed by atoms with van der Waals surface area (Å²) in [6.07, 6.45) is -0.297. The van der Waals surface area contributed by atoms with Crippen molar-refractivity contribution in [3.8, 4) is 11.5 Å². The van der Waals surface area contributed by atoms with Crippen LogP contribution >= 0.6 is 0 Å². The molecular weight excluding hydrogens is 300 g/mol. The number of ether oxygens (including phenoxy) is 4. The zero-order valence-electron chi connectivity index (χ0n) is 14.0. The van der Waals surface area contributed by atoms with Crippen LogP contribution in [0, 0.1) is 0 Å². The zero-order valence-corrected chi connectivity index (χ0v) is 14.0. The van der Waals surface area contributed by atoms with Crippen molar-refractivity contribution in [3.63, 3.8) is 0 Å². The van der Waals surface area contributed by atoms with Crippen LogP contribution in [0.15, 0.2) is 18.2 Å². The molecule has 1 aromatic carbocycles. The number of methoxy groups -OCH3 is 3. The van der Waals surface area contributed by atoms with Crippen molar-refractivity contribution in [3.05, 3.63) is 23.8 Å². The quantitative estimate of drug-likeness (QED) is 0.769. The number of amides is 1. The molecule has 7 nitrogen and oxygen atoms in total. The van der Waals surface area contributed by atoms with Gasteiger partial charge in [0.05, 0.1) is 19.8 Å². The smallest absolute Gasteiger partial charge is 0.409 e. The molecule has 1 aliphatic rings. The molecule has 1 amide bonds. The molecule has 0 unspecified atom stereocenters. The molecular formula is C16H24N2O5. The number of benzene rings is 1. The maximum absolute atomic E-state index is 11.4.